The lowest BCUT2D eigenvalue weighted by atomic mass is 10.2. The average Bonchev–Trinajstić information content (AvgIpc) is 2.79. The second kappa shape index (κ2) is 6.46. The number of anilines is 1. The van der Waals surface area contributed by atoms with E-state index >= 15 is 0 Å². The van der Waals surface area contributed by atoms with E-state index in [2.05, 4.69) is 10.0 Å². The molecule has 0 spiro atoms. The van der Waals surface area contributed by atoms with Gasteiger partial charge in [-0.1, -0.05) is 0 Å². The SMILES string of the molecule is O=[N+]([O-])c1ccc(S(=O)(=O)Nc2ccc3c(c2)CNCCO3)cc1. The summed E-state index contributed by atoms with van der Waals surface area (Å²) in [6, 6.07) is 9.76. The van der Waals surface area contributed by atoms with Crippen LogP contribution in [0, 0.1) is 10.1 Å². The van der Waals surface area contributed by atoms with Crippen molar-refractivity contribution < 1.29 is 18.1 Å². The molecule has 0 saturated heterocycles. The quantitative estimate of drug-likeness (QED) is 0.644. The van der Waals surface area contributed by atoms with E-state index in [4.69, 9.17) is 4.74 Å². The van der Waals surface area contributed by atoms with Gasteiger partial charge in [0.1, 0.15) is 12.4 Å². The van der Waals surface area contributed by atoms with Crippen molar-refractivity contribution in [3.8, 4) is 5.75 Å². The zero-order chi connectivity index (χ0) is 17.2. The molecule has 1 aliphatic rings. The fourth-order valence-corrected chi connectivity index (χ4v) is 3.39. The van der Waals surface area contributed by atoms with Crippen LogP contribution in [0.1, 0.15) is 5.56 Å². The standard InChI is InChI=1S/C15H15N3O5S/c19-18(20)13-2-4-14(5-3-13)24(21,22)17-12-1-6-15-11(9-12)10-16-7-8-23-15/h1-6,9,16-17H,7-8,10H2. The van der Waals surface area contributed by atoms with E-state index in [0.717, 1.165) is 30.0 Å². The number of rotatable bonds is 4. The van der Waals surface area contributed by atoms with Gasteiger partial charge in [-0.25, -0.2) is 8.42 Å². The van der Waals surface area contributed by atoms with E-state index in [-0.39, 0.29) is 10.6 Å². The van der Waals surface area contributed by atoms with Crippen LogP contribution in [0.3, 0.4) is 0 Å². The third kappa shape index (κ3) is 3.47. The second-order valence-electron chi connectivity index (χ2n) is 5.20. The molecule has 24 heavy (non-hydrogen) atoms. The number of sulfonamides is 1. The molecule has 1 heterocycles. The molecular weight excluding hydrogens is 334 g/mol. The lowest BCUT2D eigenvalue weighted by Crippen LogP contribution is -2.16. The first-order valence-electron chi connectivity index (χ1n) is 7.19. The Morgan fingerprint density at radius 2 is 1.92 bits per heavy atom. The molecule has 0 atom stereocenters. The number of non-ortho nitro benzene ring substituents is 1. The van der Waals surface area contributed by atoms with E-state index in [1.807, 2.05) is 0 Å². The largest absolute Gasteiger partial charge is 0.492 e. The van der Waals surface area contributed by atoms with Gasteiger partial charge in [0.25, 0.3) is 15.7 Å². The second-order valence-corrected chi connectivity index (χ2v) is 6.89. The number of nitrogens with one attached hydrogen (secondary N) is 2. The van der Waals surface area contributed by atoms with Crippen molar-refractivity contribution in [1.29, 1.82) is 0 Å². The monoisotopic (exact) mass is 349 g/mol. The summed E-state index contributed by atoms with van der Waals surface area (Å²) in [7, 11) is -3.83. The molecule has 1 aliphatic heterocycles. The Morgan fingerprint density at radius 1 is 1.17 bits per heavy atom. The van der Waals surface area contributed by atoms with Crippen LogP contribution >= 0.6 is 0 Å². The summed E-state index contributed by atoms with van der Waals surface area (Å²) in [5, 5.41) is 13.8. The molecule has 2 aromatic carbocycles. The Bertz CT molecular complexity index is 865. The van der Waals surface area contributed by atoms with Gasteiger partial charge >= 0.3 is 0 Å². The molecule has 0 bridgehead atoms. The molecular formula is C15H15N3O5S. The summed E-state index contributed by atoms with van der Waals surface area (Å²) in [4.78, 5) is 10.0. The number of fused-ring (bicyclic) bond motifs is 1. The summed E-state index contributed by atoms with van der Waals surface area (Å²) in [6.07, 6.45) is 0. The molecule has 0 aromatic heterocycles. The first-order valence-corrected chi connectivity index (χ1v) is 8.68. The maximum Gasteiger partial charge on any atom is 0.269 e. The minimum absolute atomic E-state index is 0.0441. The molecule has 2 N–H and O–H groups in total. The Morgan fingerprint density at radius 3 is 2.62 bits per heavy atom. The number of nitro groups is 1. The predicted octanol–water partition coefficient (Wildman–Crippen LogP) is 1.88. The van der Waals surface area contributed by atoms with Crippen molar-refractivity contribution in [3.63, 3.8) is 0 Å². The number of hydrogen-bond donors (Lipinski definition) is 2. The minimum Gasteiger partial charge on any atom is -0.492 e. The van der Waals surface area contributed by atoms with Crippen molar-refractivity contribution in [2.24, 2.45) is 0 Å². The van der Waals surface area contributed by atoms with E-state index < -0.39 is 14.9 Å². The Balaban J connectivity index is 1.84. The molecule has 2 aromatic rings. The summed E-state index contributed by atoms with van der Waals surface area (Å²) in [5.74, 6) is 0.721. The van der Waals surface area contributed by atoms with Gasteiger partial charge in [-0.3, -0.25) is 14.8 Å². The molecule has 0 saturated carbocycles. The molecule has 0 amide bonds. The Hall–Kier alpha value is -2.65. The normalized spacial score (nSPS) is 14.2. The molecule has 9 heteroatoms. The molecule has 0 aliphatic carbocycles. The van der Waals surface area contributed by atoms with Crippen LogP contribution in [0.5, 0.6) is 5.75 Å². The van der Waals surface area contributed by atoms with Crippen LogP contribution in [0.15, 0.2) is 47.4 Å². The van der Waals surface area contributed by atoms with E-state index in [1.54, 1.807) is 18.2 Å². The number of nitrogens with zero attached hydrogens (tertiary/aromatic N) is 1. The maximum atomic E-state index is 12.4. The highest BCUT2D eigenvalue weighted by Gasteiger charge is 2.17. The highest BCUT2D eigenvalue weighted by atomic mass is 32.2. The third-order valence-corrected chi connectivity index (χ3v) is 4.92. The zero-order valence-corrected chi connectivity index (χ0v) is 13.4. The Kier molecular flexibility index (Phi) is 4.36. The number of nitro benzene ring substituents is 1. The Labute approximate surface area is 138 Å². The first kappa shape index (κ1) is 16.2. The average molecular weight is 349 g/mol. The van der Waals surface area contributed by atoms with Crippen molar-refractivity contribution in [2.45, 2.75) is 11.4 Å². The van der Waals surface area contributed by atoms with Gasteiger partial charge in [-0.15, -0.1) is 0 Å². The van der Waals surface area contributed by atoms with Crippen molar-refractivity contribution in [3.05, 3.63) is 58.1 Å². The van der Waals surface area contributed by atoms with Gasteiger partial charge in [0.15, 0.2) is 0 Å². The molecule has 0 radical (unpaired) electrons. The van der Waals surface area contributed by atoms with E-state index in [9.17, 15) is 18.5 Å². The van der Waals surface area contributed by atoms with Gasteiger partial charge in [0, 0.05) is 36.5 Å². The van der Waals surface area contributed by atoms with Gasteiger partial charge in [0.05, 0.1) is 9.82 Å². The van der Waals surface area contributed by atoms with Crippen molar-refractivity contribution in [1.82, 2.24) is 5.32 Å². The minimum atomic E-state index is -3.83. The van der Waals surface area contributed by atoms with Crippen molar-refractivity contribution >= 4 is 21.4 Å². The van der Waals surface area contributed by atoms with Crippen molar-refractivity contribution in [2.75, 3.05) is 17.9 Å². The van der Waals surface area contributed by atoms with Crippen LogP contribution < -0.4 is 14.8 Å². The predicted molar refractivity (Wildman–Crippen MR) is 87.5 cm³/mol. The van der Waals surface area contributed by atoms with Crippen LogP contribution in [0.25, 0.3) is 0 Å². The van der Waals surface area contributed by atoms with Crippen LogP contribution in [0.4, 0.5) is 11.4 Å². The molecule has 126 valence electrons. The highest BCUT2D eigenvalue weighted by Crippen LogP contribution is 2.26. The lowest BCUT2D eigenvalue weighted by Gasteiger charge is -2.11. The van der Waals surface area contributed by atoms with Gasteiger partial charge in [-0.05, 0) is 30.3 Å². The van der Waals surface area contributed by atoms with Crippen LogP contribution in [-0.2, 0) is 16.6 Å². The summed E-state index contributed by atoms with van der Waals surface area (Å²) in [6.45, 7) is 1.86. The zero-order valence-electron chi connectivity index (χ0n) is 12.6. The van der Waals surface area contributed by atoms with Crippen LogP contribution in [-0.4, -0.2) is 26.5 Å². The number of ether oxygens (including phenoxy) is 1. The highest BCUT2D eigenvalue weighted by molar-refractivity contribution is 7.92. The molecule has 0 unspecified atom stereocenters. The summed E-state index contributed by atoms with van der Waals surface area (Å²) < 4.78 is 32.8. The number of benzene rings is 2. The fourth-order valence-electron chi connectivity index (χ4n) is 2.34. The summed E-state index contributed by atoms with van der Waals surface area (Å²) >= 11 is 0. The summed E-state index contributed by atoms with van der Waals surface area (Å²) in [5.41, 5.74) is 1.10. The lowest BCUT2D eigenvalue weighted by molar-refractivity contribution is -0.384. The number of hydrogen-bond acceptors (Lipinski definition) is 6. The first-order chi connectivity index (χ1) is 11.5. The van der Waals surface area contributed by atoms with Crippen LogP contribution in [0.2, 0.25) is 0 Å². The molecule has 8 nitrogen and oxygen atoms in total. The van der Waals surface area contributed by atoms with E-state index in [1.165, 1.54) is 12.1 Å². The fraction of sp³-hybridized carbons (Fsp3) is 0.200. The molecule has 0 fully saturated rings. The van der Waals surface area contributed by atoms with Gasteiger partial charge in [-0.2, -0.15) is 0 Å². The smallest absolute Gasteiger partial charge is 0.269 e. The topological polar surface area (TPSA) is 111 Å². The third-order valence-electron chi connectivity index (χ3n) is 3.52. The molecule has 3 rings (SSSR count). The van der Waals surface area contributed by atoms with Gasteiger partial charge < -0.3 is 10.1 Å². The maximum absolute atomic E-state index is 12.4. The van der Waals surface area contributed by atoms with E-state index in [0.29, 0.717) is 18.8 Å². The van der Waals surface area contributed by atoms with Gasteiger partial charge in [0.2, 0.25) is 0 Å².